The number of nitrogens with zero attached hydrogens (tertiary/aromatic N) is 3. The number of primary amides is 1. The molecule has 1 aromatic carbocycles. The molecule has 146 valence electrons. The first-order chi connectivity index (χ1) is 12.8. The van der Waals surface area contributed by atoms with Crippen molar-refractivity contribution in [3.63, 3.8) is 0 Å². The minimum absolute atomic E-state index is 0.136. The number of likely N-dealkylation sites (tertiary alicyclic amines) is 1. The molecule has 0 radical (unpaired) electrons. The zero-order valence-corrected chi connectivity index (χ0v) is 14.7. The molecule has 1 aliphatic heterocycles. The van der Waals surface area contributed by atoms with Crippen LogP contribution in [-0.2, 0) is 19.1 Å². The third-order valence-electron chi connectivity index (χ3n) is 4.75. The van der Waals surface area contributed by atoms with Gasteiger partial charge in [-0.15, -0.1) is 0 Å². The summed E-state index contributed by atoms with van der Waals surface area (Å²) in [6.45, 7) is 2.10. The van der Waals surface area contributed by atoms with Crippen molar-refractivity contribution in [2.45, 2.75) is 38.4 Å². The van der Waals surface area contributed by atoms with E-state index in [0.717, 1.165) is 38.4 Å². The highest BCUT2D eigenvalue weighted by Gasteiger charge is 2.30. The van der Waals surface area contributed by atoms with Crippen LogP contribution in [0, 0.1) is 5.92 Å². The van der Waals surface area contributed by atoms with Gasteiger partial charge in [-0.05, 0) is 49.8 Å². The largest absolute Gasteiger partial charge is 0.416 e. The van der Waals surface area contributed by atoms with Crippen molar-refractivity contribution in [2.24, 2.45) is 11.7 Å². The average molecular weight is 382 g/mol. The molecule has 0 spiro atoms. The van der Waals surface area contributed by atoms with E-state index >= 15 is 0 Å². The molecule has 1 unspecified atom stereocenters. The van der Waals surface area contributed by atoms with E-state index < -0.39 is 17.6 Å². The first-order valence-electron chi connectivity index (χ1n) is 8.82. The lowest BCUT2D eigenvalue weighted by Crippen LogP contribution is -2.35. The van der Waals surface area contributed by atoms with Gasteiger partial charge in [0, 0.05) is 6.54 Å². The highest BCUT2D eigenvalue weighted by molar-refractivity contribution is 5.88. The highest BCUT2D eigenvalue weighted by Crippen LogP contribution is 2.30. The number of aromatic nitrogens is 2. The van der Waals surface area contributed by atoms with Gasteiger partial charge in [0.2, 0.25) is 5.89 Å². The Bertz CT molecular complexity index is 791. The fourth-order valence-corrected chi connectivity index (χ4v) is 3.41. The lowest BCUT2D eigenvalue weighted by Gasteiger charge is -2.31. The summed E-state index contributed by atoms with van der Waals surface area (Å²) < 4.78 is 43.5. The molecule has 1 fully saturated rings. The van der Waals surface area contributed by atoms with E-state index in [1.54, 1.807) is 6.07 Å². The molecule has 2 heterocycles. The first-order valence-corrected chi connectivity index (χ1v) is 8.82. The van der Waals surface area contributed by atoms with E-state index in [1.165, 1.54) is 12.1 Å². The maximum Gasteiger partial charge on any atom is 0.416 e. The topological polar surface area (TPSA) is 85.2 Å². The lowest BCUT2D eigenvalue weighted by atomic mass is 9.91. The second-order valence-electron chi connectivity index (χ2n) is 6.86. The molecule has 1 saturated heterocycles. The predicted molar refractivity (Wildman–Crippen MR) is 90.6 cm³/mol. The summed E-state index contributed by atoms with van der Waals surface area (Å²) in [6, 6.07) is 5.51. The van der Waals surface area contributed by atoms with Crippen molar-refractivity contribution < 1.29 is 22.5 Å². The van der Waals surface area contributed by atoms with E-state index in [2.05, 4.69) is 15.0 Å². The van der Waals surface area contributed by atoms with Crippen LogP contribution in [0.5, 0.6) is 0 Å². The Hall–Kier alpha value is -2.42. The Morgan fingerprint density at radius 3 is 2.89 bits per heavy atom. The standard InChI is InChI=1S/C18H21F3N4O2/c19-18(20,21)14-5-1-3-12(9-14)6-7-13-4-2-8-25(10-13)11-15-23-17(16(22)26)24-27-15/h1,3,5,9,13H,2,4,6-8,10-11H2,(H2,22,26). The third-order valence-corrected chi connectivity index (χ3v) is 4.75. The summed E-state index contributed by atoms with van der Waals surface area (Å²) >= 11 is 0. The molecule has 1 amide bonds. The fraction of sp³-hybridized carbons (Fsp3) is 0.500. The Morgan fingerprint density at radius 1 is 1.37 bits per heavy atom. The van der Waals surface area contributed by atoms with Crippen molar-refractivity contribution >= 4 is 5.91 Å². The summed E-state index contributed by atoms with van der Waals surface area (Å²) in [7, 11) is 0. The van der Waals surface area contributed by atoms with E-state index in [4.69, 9.17) is 10.3 Å². The number of aryl methyl sites for hydroxylation is 1. The van der Waals surface area contributed by atoms with Gasteiger partial charge in [0.1, 0.15) is 0 Å². The number of carbonyl (C=O) groups is 1. The Kier molecular flexibility index (Phi) is 5.79. The number of carbonyl (C=O) groups excluding carboxylic acids is 1. The second-order valence-corrected chi connectivity index (χ2v) is 6.86. The van der Waals surface area contributed by atoms with Crippen molar-refractivity contribution in [2.75, 3.05) is 13.1 Å². The lowest BCUT2D eigenvalue weighted by molar-refractivity contribution is -0.137. The molecule has 1 aromatic heterocycles. The Labute approximate surface area is 154 Å². The van der Waals surface area contributed by atoms with Crippen molar-refractivity contribution in [3.05, 3.63) is 47.1 Å². The van der Waals surface area contributed by atoms with Crippen molar-refractivity contribution in [1.29, 1.82) is 0 Å². The molecule has 9 heteroatoms. The number of alkyl halides is 3. The number of halogens is 3. The molecular formula is C18H21F3N4O2. The summed E-state index contributed by atoms with van der Waals surface area (Å²) in [4.78, 5) is 17.1. The first kappa shape index (κ1) is 19.3. The SMILES string of the molecule is NC(=O)c1noc(CN2CCCC(CCc3cccc(C(F)(F)F)c3)C2)n1. The molecule has 1 aliphatic rings. The summed E-state index contributed by atoms with van der Waals surface area (Å²) in [5.74, 6) is -0.153. The van der Waals surface area contributed by atoms with Gasteiger partial charge in [0.05, 0.1) is 12.1 Å². The van der Waals surface area contributed by atoms with Crippen LogP contribution in [0.15, 0.2) is 28.8 Å². The van der Waals surface area contributed by atoms with Gasteiger partial charge in [-0.25, -0.2) is 0 Å². The molecule has 0 aliphatic carbocycles. The molecule has 0 bridgehead atoms. The third kappa shape index (κ3) is 5.29. The molecule has 6 nitrogen and oxygen atoms in total. The van der Waals surface area contributed by atoms with Crippen LogP contribution in [0.4, 0.5) is 13.2 Å². The Morgan fingerprint density at radius 2 is 2.19 bits per heavy atom. The van der Waals surface area contributed by atoms with Gasteiger partial charge in [0.15, 0.2) is 0 Å². The molecule has 0 saturated carbocycles. The van der Waals surface area contributed by atoms with Crippen molar-refractivity contribution in [1.82, 2.24) is 15.0 Å². The predicted octanol–water partition coefficient (Wildman–Crippen LogP) is 3.03. The number of rotatable bonds is 6. The molecule has 2 N–H and O–H groups in total. The van der Waals surface area contributed by atoms with E-state index in [9.17, 15) is 18.0 Å². The summed E-state index contributed by atoms with van der Waals surface area (Å²) in [5, 5.41) is 3.53. The number of hydrogen-bond donors (Lipinski definition) is 1. The maximum absolute atomic E-state index is 12.8. The van der Waals surface area contributed by atoms with E-state index in [1.807, 2.05) is 0 Å². The maximum atomic E-state index is 12.8. The van der Waals surface area contributed by atoms with Crippen LogP contribution in [0.1, 0.15) is 46.9 Å². The minimum atomic E-state index is -4.31. The van der Waals surface area contributed by atoms with Gasteiger partial charge in [-0.1, -0.05) is 23.4 Å². The molecule has 2 aromatic rings. The van der Waals surface area contributed by atoms with E-state index in [-0.39, 0.29) is 5.82 Å². The van der Waals surface area contributed by atoms with Crippen LogP contribution in [0.25, 0.3) is 0 Å². The van der Waals surface area contributed by atoms with Gasteiger partial charge >= 0.3 is 6.18 Å². The van der Waals surface area contributed by atoms with Crippen LogP contribution in [0.3, 0.4) is 0 Å². The van der Waals surface area contributed by atoms with Gasteiger partial charge in [-0.2, -0.15) is 18.2 Å². The number of benzene rings is 1. The minimum Gasteiger partial charge on any atom is -0.363 e. The number of amides is 1. The Balaban J connectivity index is 1.53. The van der Waals surface area contributed by atoms with Crippen LogP contribution < -0.4 is 5.73 Å². The zero-order valence-electron chi connectivity index (χ0n) is 14.7. The average Bonchev–Trinajstić information content (AvgIpc) is 3.09. The number of nitrogens with two attached hydrogens (primary N) is 1. The molecule has 1 atom stereocenters. The zero-order chi connectivity index (χ0) is 19.4. The number of piperidine rings is 1. The van der Waals surface area contributed by atoms with Crippen LogP contribution in [-0.4, -0.2) is 34.0 Å². The smallest absolute Gasteiger partial charge is 0.363 e. The summed E-state index contributed by atoms with van der Waals surface area (Å²) in [5.41, 5.74) is 5.20. The van der Waals surface area contributed by atoms with E-state index in [0.29, 0.717) is 30.3 Å². The number of hydrogen-bond acceptors (Lipinski definition) is 5. The molecular weight excluding hydrogens is 361 g/mol. The van der Waals surface area contributed by atoms with Gasteiger partial charge in [0.25, 0.3) is 11.7 Å². The van der Waals surface area contributed by atoms with Crippen LogP contribution in [0.2, 0.25) is 0 Å². The van der Waals surface area contributed by atoms with Crippen LogP contribution >= 0.6 is 0 Å². The molecule has 27 heavy (non-hydrogen) atoms. The van der Waals surface area contributed by atoms with Gasteiger partial charge in [-0.3, -0.25) is 9.69 Å². The monoisotopic (exact) mass is 382 g/mol. The second kappa shape index (κ2) is 8.08. The highest BCUT2D eigenvalue weighted by atomic mass is 19.4. The normalized spacial score (nSPS) is 18.6. The van der Waals surface area contributed by atoms with Crippen molar-refractivity contribution in [3.8, 4) is 0 Å². The fourth-order valence-electron chi connectivity index (χ4n) is 3.41. The summed E-state index contributed by atoms with van der Waals surface area (Å²) in [6.07, 6.45) is -0.871. The molecule has 3 rings (SSSR count). The van der Waals surface area contributed by atoms with Gasteiger partial charge < -0.3 is 10.3 Å². The quantitative estimate of drug-likeness (QED) is 0.830.